The molecule has 0 fully saturated rings. The second-order valence-corrected chi connectivity index (χ2v) is 5.42. The van der Waals surface area contributed by atoms with Crippen molar-refractivity contribution in [2.75, 3.05) is 13.2 Å². The molecule has 0 aromatic rings. The van der Waals surface area contributed by atoms with E-state index in [1.54, 1.807) is 0 Å². The van der Waals surface area contributed by atoms with E-state index in [1.807, 2.05) is 27.7 Å². The third-order valence-corrected chi connectivity index (χ3v) is 3.60. The van der Waals surface area contributed by atoms with Gasteiger partial charge in [0.05, 0.1) is 17.0 Å². The van der Waals surface area contributed by atoms with E-state index < -0.39 is 5.41 Å². The SMILES string of the molecule is CCCC(CCC)(C(=O)NC(C)COCC)C(N)=S. The monoisotopic (exact) mass is 288 g/mol. The number of carbonyl (C=O) groups excluding carboxylic acids is 1. The van der Waals surface area contributed by atoms with Gasteiger partial charge in [0.25, 0.3) is 0 Å². The summed E-state index contributed by atoms with van der Waals surface area (Å²) in [6.45, 7) is 9.09. The molecule has 0 aliphatic rings. The normalized spacial score (nSPS) is 13.1. The van der Waals surface area contributed by atoms with E-state index in [2.05, 4.69) is 5.32 Å². The predicted molar refractivity (Wildman–Crippen MR) is 83.1 cm³/mol. The predicted octanol–water partition coefficient (Wildman–Crippen LogP) is 2.40. The molecule has 1 atom stereocenters. The Morgan fingerprint density at radius 1 is 1.32 bits per heavy atom. The minimum atomic E-state index is -0.709. The van der Waals surface area contributed by atoms with Crippen LogP contribution in [0.4, 0.5) is 0 Å². The number of thiocarbonyl (C=S) groups is 1. The molecule has 0 bridgehead atoms. The zero-order valence-corrected chi connectivity index (χ0v) is 13.4. The molecular formula is C14H28N2O2S. The summed E-state index contributed by atoms with van der Waals surface area (Å²) in [6.07, 6.45) is 3.15. The van der Waals surface area contributed by atoms with Crippen LogP contribution in [0, 0.1) is 5.41 Å². The Morgan fingerprint density at radius 3 is 2.21 bits per heavy atom. The molecule has 4 nitrogen and oxygen atoms in total. The van der Waals surface area contributed by atoms with Gasteiger partial charge in [-0.15, -0.1) is 0 Å². The number of carbonyl (C=O) groups is 1. The Kier molecular flexibility index (Phi) is 8.93. The number of hydrogen-bond donors (Lipinski definition) is 2. The molecule has 0 spiro atoms. The molecule has 1 unspecified atom stereocenters. The van der Waals surface area contributed by atoms with E-state index in [1.165, 1.54) is 0 Å². The highest BCUT2D eigenvalue weighted by Crippen LogP contribution is 2.31. The first-order valence-corrected chi connectivity index (χ1v) is 7.54. The topological polar surface area (TPSA) is 64.3 Å². The number of hydrogen-bond acceptors (Lipinski definition) is 3. The van der Waals surface area contributed by atoms with Gasteiger partial charge in [0.15, 0.2) is 0 Å². The molecule has 0 saturated heterocycles. The molecule has 0 aliphatic carbocycles. The van der Waals surface area contributed by atoms with Crippen molar-refractivity contribution in [2.24, 2.45) is 11.1 Å². The molecule has 0 aliphatic heterocycles. The molecule has 112 valence electrons. The molecule has 5 heteroatoms. The Labute approximate surface area is 122 Å². The molecule has 19 heavy (non-hydrogen) atoms. The van der Waals surface area contributed by atoms with Gasteiger partial charge in [0.2, 0.25) is 5.91 Å². The van der Waals surface area contributed by atoms with Crippen LogP contribution in [-0.4, -0.2) is 30.2 Å². The zero-order valence-electron chi connectivity index (χ0n) is 12.6. The van der Waals surface area contributed by atoms with Crippen LogP contribution in [0.1, 0.15) is 53.4 Å². The lowest BCUT2D eigenvalue weighted by atomic mass is 9.78. The highest BCUT2D eigenvalue weighted by molar-refractivity contribution is 7.80. The minimum absolute atomic E-state index is 0.0325. The van der Waals surface area contributed by atoms with E-state index in [-0.39, 0.29) is 11.9 Å². The number of amides is 1. The number of nitrogens with one attached hydrogen (secondary N) is 1. The third kappa shape index (κ3) is 5.45. The fraction of sp³-hybridized carbons (Fsp3) is 0.857. The quantitative estimate of drug-likeness (QED) is 0.606. The highest BCUT2D eigenvalue weighted by Gasteiger charge is 2.40. The Balaban J connectivity index is 4.83. The van der Waals surface area contributed by atoms with Crippen molar-refractivity contribution in [3.05, 3.63) is 0 Å². The summed E-state index contributed by atoms with van der Waals surface area (Å²) in [6, 6.07) is -0.0325. The maximum Gasteiger partial charge on any atom is 0.233 e. The maximum absolute atomic E-state index is 12.5. The van der Waals surface area contributed by atoms with Gasteiger partial charge >= 0.3 is 0 Å². The first-order chi connectivity index (χ1) is 8.94. The zero-order chi connectivity index (χ0) is 14.9. The van der Waals surface area contributed by atoms with E-state index in [0.717, 1.165) is 12.8 Å². The van der Waals surface area contributed by atoms with Crippen LogP contribution in [0.25, 0.3) is 0 Å². The van der Waals surface area contributed by atoms with E-state index in [9.17, 15) is 4.79 Å². The molecule has 1 amide bonds. The van der Waals surface area contributed by atoms with Crippen molar-refractivity contribution in [1.29, 1.82) is 0 Å². The number of rotatable bonds is 10. The molecule has 0 rings (SSSR count). The summed E-state index contributed by atoms with van der Waals surface area (Å²) >= 11 is 5.16. The highest BCUT2D eigenvalue weighted by atomic mass is 32.1. The lowest BCUT2D eigenvalue weighted by Gasteiger charge is -2.32. The van der Waals surface area contributed by atoms with Gasteiger partial charge in [0.1, 0.15) is 0 Å². The second-order valence-electron chi connectivity index (χ2n) is 4.98. The van der Waals surface area contributed by atoms with Crippen molar-refractivity contribution >= 4 is 23.1 Å². The second kappa shape index (κ2) is 9.26. The first kappa shape index (κ1) is 18.3. The molecule has 0 heterocycles. The van der Waals surface area contributed by atoms with Gasteiger partial charge in [-0.25, -0.2) is 0 Å². The van der Waals surface area contributed by atoms with Crippen LogP contribution in [0.3, 0.4) is 0 Å². The lowest BCUT2D eigenvalue weighted by Crippen LogP contribution is -2.51. The minimum Gasteiger partial charge on any atom is -0.392 e. The van der Waals surface area contributed by atoms with Crippen molar-refractivity contribution < 1.29 is 9.53 Å². The van der Waals surface area contributed by atoms with Crippen LogP contribution >= 0.6 is 12.2 Å². The van der Waals surface area contributed by atoms with Gasteiger partial charge in [-0.3, -0.25) is 4.79 Å². The smallest absolute Gasteiger partial charge is 0.233 e. The van der Waals surface area contributed by atoms with E-state index >= 15 is 0 Å². The van der Waals surface area contributed by atoms with Crippen LogP contribution in [-0.2, 0) is 9.53 Å². The molecule has 0 aromatic heterocycles. The van der Waals surface area contributed by atoms with E-state index in [0.29, 0.717) is 31.0 Å². The summed E-state index contributed by atoms with van der Waals surface area (Å²) in [5.74, 6) is -0.0593. The van der Waals surface area contributed by atoms with Crippen molar-refractivity contribution in [3.63, 3.8) is 0 Å². The third-order valence-electron chi connectivity index (χ3n) is 3.21. The molecule has 0 aromatic carbocycles. The summed E-state index contributed by atoms with van der Waals surface area (Å²) < 4.78 is 5.31. The Hall–Kier alpha value is -0.680. The summed E-state index contributed by atoms with van der Waals surface area (Å²) in [7, 11) is 0. The van der Waals surface area contributed by atoms with Gasteiger partial charge in [-0.1, -0.05) is 38.9 Å². The molecule has 0 radical (unpaired) electrons. The largest absolute Gasteiger partial charge is 0.392 e. The average Bonchev–Trinajstić information content (AvgIpc) is 2.35. The van der Waals surface area contributed by atoms with Gasteiger partial charge in [-0.2, -0.15) is 0 Å². The number of ether oxygens (including phenoxy) is 1. The average molecular weight is 288 g/mol. The Bertz CT molecular complexity index is 289. The fourth-order valence-electron chi connectivity index (χ4n) is 2.26. The summed E-state index contributed by atoms with van der Waals surface area (Å²) in [5.41, 5.74) is 5.15. The number of nitrogens with two attached hydrogens (primary N) is 1. The fourth-order valence-corrected chi connectivity index (χ4v) is 2.56. The van der Waals surface area contributed by atoms with Crippen molar-refractivity contribution in [2.45, 2.75) is 59.4 Å². The molecule has 0 saturated carbocycles. The molecular weight excluding hydrogens is 260 g/mol. The Morgan fingerprint density at radius 2 is 1.84 bits per heavy atom. The van der Waals surface area contributed by atoms with Gasteiger partial charge in [0, 0.05) is 12.6 Å². The van der Waals surface area contributed by atoms with Crippen molar-refractivity contribution in [1.82, 2.24) is 5.32 Å². The van der Waals surface area contributed by atoms with Gasteiger partial charge < -0.3 is 15.8 Å². The van der Waals surface area contributed by atoms with Crippen LogP contribution in [0.5, 0.6) is 0 Å². The summed E-state index contributed by atoms with van der Waals surface area (Å²) in [5, 5.41) is 2.98. The van der Waals surface area contributed by atoms with Gasteiger partial charge in [-0.05, 0) is 26.7 Å². The van der Waals surface area contributed by atoms with Crippen LogP contribution in [0.15, 0.2) is 0 Å². The van der Waals surface area contributed by atoms with Crippen LogP contribution < -0.4 is 11.1 Å². The van der Waals surface area contributed by atoms with Crippen molar-refractivity contribution in [3.8, 4) is 0 Å². The van der Waals surface area contributed by atoms with Crippen LogP contribution in [0.2, 0.25) is 0 Å². The lowest BCUT2D eigenvalue weighted by molar-refractivity contribution is -0.129. The van der Waals surface area contributed by atoms with E-state index in [4.69, 9.17) is 22.7 Å². The molecule has 3 N–H and O–H groups in total. The summed E-state index contributed by atoms with van der Waals surface area (Å²) in [4.78, 5) is 12.8. The first-order valence-electron chi connectivity index (χ1n) is 7.13. The standard InChI is InChI=1S/C14H28N2O2S/c1-5-8-14(9-6-2,12(15)19)13(17)16-11(4)10-18-7-3/h11H,5-10H2,1-4H3,(H2,15,19)(H,16,17). The maximum atomic E-state index is 12.5.